The maximum absolute atomic E-state index is 13.7. The monoisotopic (exact) mass is 448 g/mol. The van der Waals surface area contributed by atoms with Crippen LogP contribution in [-0.4, -0.2) is 48.5 Å². The second kappa shape index (κ2) is 9.79. The number of likely N-dealkylation sites (N-methyl/N-ethyl adjacent to an activating group) is 1. The molecule has 0 saturated heterocycles. The van der Waals surface area contributed by atoms with E-state index < -0.39 is 6.04 Å². The van der Waals surface area contributed by atoms with Crippen molar-refractivity contribution in [1.82, 2.24) is 9.80 Å². The minimum Gasteiger partial charge on any atom is -0.494 e. The fraction of sp³-hybridized carbons (Fsp3) is 0.407. The van der Waals surface area contributed by atoms with Crippen LogP contribution < -0.4 is 10.2 Å². The molecule has 0 fully saturated rings. The van der Waals surface area contributed by atoms with Crippen LogP contribution in [0.1, 0.15) is 60.5 Å². The number of nitrogens with zero attached hydrogens (tertiary/aromatic N) is 2. The Morgan fingerprint density at radius 2 is 1.85 bits per heavy atom. The van der Waals surface area contributed by atoms with Crippen molar-refractivity contribution in [3.05, 3.63) is 75.1 Å². The lowest BCUT2D eigenvalue weighted by molar-refractivity contribution is 0.0708. The molecule has 2 heterocycles. The molecule has 3 aromatic rings. The van der Waals surface area contributed by atoms with Crippen molar-refractivity contribution in [1.29, 1.82) is 0 Å². The topological polar surface area (TPSA) is 63.0 Å². The summed E-state index contributed by atoms with van der Waals surface area (Å²) in [4.78, 5) is 31.3. The van der Waals surface area contributed by atoms with Gasteiger partial charge in [0.2, 0.25) is 5.76 Å². The van der Waals surface area contributed by atoms with Gasteiger partial charge in [-0.1, -0.05) is 44.5 Å². The standard InChI is InChI=1S/C27H32N2O4/c1-5-15-32-20-10-8-9-19(17-20)24-23-25(30)21-16-18(4)11-12-22(21)33-26(23)27(31)29(24)14-13-28(6-2)7-3/h8-12,16-17,24H,5-7,13-15H2,1-4H3. The Morgan fingerprint density at radius 3 is 2.58 bits per heavy atom. The van der Waals surface area contributed by atoms with Gasteiger partial charge in [-0.15, -0.1) is 0 Å². The predicted octanol–water partition coefficient (Wildman–Crippen LogP) is 4.78. The zero-order valence-electron chi connectivity index (χ0n) is 19.9. The third-order valence-corrected chi connectivity index (χ3v) is 6.32. The minimum absolute atomic E-state index is 0.140. The minimum atomic E-state index is -0.505. The summed E-state index contributed by atoms with van der Waals surface area (Å²) in [5.74, 6) is 0.655. The Balaban J connectivity index is 1.85. The Bertz CT molecular complexity index is 1210. The summed E-state index contributed by atoms with van der Waals surface area (Å²) in [6.07, 6.45) is 0.903. The molecule has 6 heteroatoms. The van der Waals surface area contributed by atoms with Gasteiger partial charge in [-0.05, 0) is 56.3 Å². The second-order valence-corrected chi connectivity index (χ2v) is 8.52. The summed E-state index contributed by atoms with van der Waals surface area (Å²) >= 11 is 0. The molecule has 174 valence electrons. The quantitative estimate of drug-likeness (QED) is 0.472. The van der Waals surface area contributed by atoms with Gasteiger partial charge in [-0.25, -0.2) is 0 Å². The number of carbonyl (C=O) groups excluding carboxylic acids is 1. The molecule has 4 rings (SSSR count). The van der Waals surface area contributed by atoms with E-state index in [1.54, 1.807) is 11.0 Å². The first kappa shape index (κ1) is 23.1. The molecule has 1 aliphatic rings. The number of amides is 1. The predicted molar refractivity (Wildman–Crippen MR) is 130 cm³/mol. The molecule has 33 heavy (non-hydrogen) atoms. The van der Waals surface area contributed by atoms with E-state index in [0.717, 1.165) is 42.9 Å². The van der Waals surface area contributed by atoms with Crippen LogP contribution in [-0.2, 0) is 0 Å². The van der Waals surface area contributed by atoms with Gasteiger partial charge >= 0.3 is 0 Å². The first-order chi connectivity index (χ1) is 16.0. The van der Waals surface area contributed by atoms with Gasteiger partial charge in [0, 0.05) is 13.1 Å². The molecule has 0 N–H and O–H groups in total. The molecule has 1 aromatic heterocycles. The van der Waals surface area contributed by atoms with Crippen molar-refractivity contribution in [2.24, 2.45) is 0 Å². The smallest absolute Gasteiger partial charge is 0.290 e. The average molecular weight is 449 g/mol. The van der Waals surface area contributed by atoms with Crippen molar-refractivity contribution >= 4 is 16.9 Å². The number of hydrogen-bond donors (Lipinski definition) is 0. The first-order valence-electron chi connectivity index (χ1n) is 11.8. The van der Waals surface area contributed by atoms with Crippen LogP contribution in [0.15, 0.2) is 51.7 Å². The van der Waals surface area contributed by atoms with E-state index in [0.29, 0.717) is 29.7 Å². The lowest BCUT2D eigenvalue weighted by Crippen LogP contribution is -2.37. The zero-order valence-corrected chi connectivity index (χ0v) is 19.9. The highest BCUT2D eigenvalue weighted by Crippen LogP contribution is 2.39. The van der Waals surface area contributed by atoms with Gasteiger partial charge in [-0.2, -0.15) is 0 Å². The lowest BCUT2D eigenvalue weighted by Gasteiger charge is -2.28. The summed E-state index contributed by atoms with van der Waals surface area (Å²) in [6, 6.07) is 12.7. The number of rotatable bonds is 9. The summed E-state index contributed by atoms with van der Waals surface area (Å²) in [7, 11) is 0. The van der Waals surface area contributed by atoms with Gasteiger partial charge in [0.1, 0.15) is 11.3 Å². The Morgan fingerprint density at radius 1 is 1.06 bits per heavy atom. The number of fused-ring (bicyclic) bond motifs is 2. The molecular weight excluding hydrogens is 416 g/mol. The number of ether oxygens (including phenoxy) is 1. The van der Waals surface area contributed by atoms with Gasteiger partial charge in [0.15, 0.2) is 5.43 Å². The third-order valence-electron chi connectivity index (χ3n) is 6.32. The number of aryl methyl sites for hydroxylation is 1. The van der Waals surface area contributed by atoms with Gasteiger partial charge in [0.25, 0.3) is 5.91 Å². The maximum Gasteiger partial charge on any atom is 0.290 e. The Kier molecular flexibility index (Phi) is 6.84. The zero-order chi connectivity index (χ0) is 23.5. The number of carbonyl (C=O) groups is 1. The Hall–Kier alpha value is -3.12. The largest absolute Gasteiger partial charge is 0.494 e. The van der Waals surface area contributed by atoms with E-state index >= 15 is 0 Å². The van der Waals surface area contributed by atoms with Crippen LogP contribution in [0.25, 0.3) is 11.0 Å². The molecule has 0 saturated carbocycles. The fourth-order valence-electron chi connectivity index (χ4n) is 4.49. The third kappa shape index (κ3) is 4.40. The molecule has 1 atom stereocenters. The van der Waals surface area contributed by atoms with Crippen molar-refractivity contribution in [3.63, 3.8) is 0 Å². The first-order valence-corrected chi connectivity index (χ1v) is 11.8. The number of benzene rings is 2. The fourth-order valence-corrected chi connectivity index (χ4v) is 4.49. The van der Waals surface area contributed by atoms with Gasteiger partial charge in [0.05, 0.1) is 23.6 Å². The van der Waals surface area contributed by atoms with Crippen LogP contribution in [0, 0.1) is 6.92 Å². The average Bonchev–Trinajstić information content (AvgIpc) is 3.11. The van der Waals surface area contributed by atoms with Crippen LogP contribution in [0.5, 0.6) is 5.75 Å². The summed E-state index contributed by atoms with van der Waals surface area (Å²) in [5, 5.41) is 0.510. The van der Waals surface area contributed by atoms with Crippen LogP contribution >= 0.6 is 0 Å². The van der Waals surface area contributed by atoms with Crippen LogP contribution in [0.2, 0.25) is 0 Å². The van der Waals surface area contributed by atoms with Gasteiger partial charge in [-0.3, -0.25) is 9.59 Å². The highest BCUT2D eigenvalue weighted by molar-refractivity contribution is 5.99. The molecule has 1 unspecified atom stereocenters. The van der Waals surface area contributed by atoms with Gasteiger partial charge < -0.3 is 19.0 Å². The summed E-state index contributed by atoms with van der Waals surface area (Å²) in [6.45, 7) is 11.9. The van der Waals surface area contributed by atoms with E-state index in [9.17, 15) is 9.59 Å². The molecule has 0 spiro atoms. The normalized spacial score (nSPS) is 15.5. The molecule has 2 aromatic carbocycles. The maximum atomic E-state index is 13.7. The van der Waals surface area contributed by atoms with Crippen molar-refractivity contribution in [2.75, 3.05) is 32.8 Å². The lowest BCUT2D eigenvalue weighted by atomic mass is 9.98. The highest BCUT2D eigenvalue weighted by atomic mass is 16.5. The van der Waals surface area contributed by atoms with Crippen molar-refractivity contribution in [2.45, 2.75) is 40.2 Å². The van der Waals surface area contributed by atoms with E-state index in [4.69, 9.17) is 9.15 Å². The van der Waals surface area contributed by atoms with Crippen LogP contribution in [0.3, 0.4) is 0 Å². The molecule has 0 radical (unpaired) electrons. The molecule has 0 bridgehead atoms. The molecule has 1 aliphatic heterocycles. The molecule has 1 amide bonds. The number of hydrogen-bond acceptors (Lipinski definition) is 5. The summed E-state index contributed by atoms with van der Waals surface area (Å²) in [5.41, 5.74) is 2.56. The van der Waals surface area contributed by atoms with Crippen molar-refractivity contribution in [3.8, 4) is 5.75 Å². The van der Waals surface area contributed by atoms with E-state index in [-0.39, 0.29) is 17.1 Å². The highest BCUT2D eigenvalue weighted by Gasteiger charge is 2.42. The van der Waals surface area contributed by atoms with E-state index in [1.165, 1.54) is 0 Å². The molecular formula is C27H32N2O4. The van der Waals surface area contributed by atoms with Crippen LogP contribution in [0.4, 0.5) is 0 Å². The molecule has 0 aliphatic carbocycles. The molecule has 6 nitrogen and oxygen atoms in total. The van der Waals surface area contributed by atoms with E-state index in [2.05, 4.69) is 25.7 Å². The Labute approximate surface area is 194 Å². The second-order valence-electron chi connectivity index (χ2n) is 8.52. The SMILES string of the molecule is CCCOc1cccc(C2c3c(oc4ccc(C)cc4c3=O)C(=O)N2CCN(CC)CC)c1. The summed E-state index contributed by atoms with van der Waals surface area (Å²) < 4.78 is 11.9. The van der Waals surface area contributed by atoms with Crippen molar-refractivity contribution < 1.29 is 13.9 Å². The van der Waals surface area contributed by atoms with E-state index in [1.807, 2.05) is 43.3 Å².